The summed E-state index contributed by atoms with van der Waals surface area (Å²) in [6, 6.07) is 8.26. The van der Waals surface area contributed by atoms with Crippen LogP contribution in [-0.2, 0) is 11.2 Å². The van der Waals surface area contributed by atoms with E-state index in [-0.39, 0.29) is 0 Å². The summed E-state index contributed by atoms with van der Waals surface area (Å²) < 4.78 is 10.7. The molecule has 0 saturated carbocycles. The van der Waals surface area contributed by atoms with E-state index in [4.69, 9.17) is 21.1 Å². The molecule has 18 heavy (non-hydrogen) atoms. The minimum atomic E-state index is 0.765. The van der Waals surface area contributed by atoms with Crippen molar-refractivity contribution in [3.63, 3.8) is 0 Å². The lowest BCUT2D eigenvalue weighted by molar-refractivity contribution is 0.202. The van der Waals surface area contributed by atoms with Gasteiger partial charge in [0.05, 0.1) is 13.2 Å². The van der Waals surface area contributed by atoms with E-state index in [9.17, 15) is 0 Å². The number of unbranched alkanes of at least 4 members (excludes halogenated alkanes) is 3. The van der Waals surface area contributed by atoms with Crippen LogP contribution in [0.1, 0.15) is 31.2 Å². The van der Waals surface area contributed by atoms with Crippen molar-refractivity contribution in [1.29, 1.82) is 0 Å². The molecule has 0 saturated heterocycles. The van der Waals surface area contributed by atoms with Gasteiger partial charge in [-0.05, 0) is 37.0 Å². The van der Waals surface area contributed by atoms with Gasteiger partial charge in [0.15, 0.2) is 0 Å². The Balaban J connectivity index is 2.14. The first-order chi connectivity index (χ1) is 8.86. The fourth-order valence-corrected chi connectivity index (χ4v) is 1.90. The fourth-order valence-electron chi connectivity index (χ4n) is 1.71. The summed E-state index contributed by atoms with van der Waals surface area (Å²) in [4.78, 5) is 0. The van der Waals surface area contributed by atoms with Gasteiger partial charge >= 0.3 is 0 Å². The Labute approximate surface area is 115 Å². The van der Waals surface area contributed by atoms with Crippen LogP contribution >= 0.6 is 11.6 Å². The summed E-state index contributed by atoms with van der Waals surface area (Å²) in [6.07, 6.45) is 5.55. The number of benzene rings is 1. The number of ether oxygens (including phenoxy) is 2. The minimum Gasteiger partial charge on any atom is -0.494 e. The predicted molar refractivity (Wildman–Crippen MR) is 76.7 cm³/mol. The topological polar surface area (TPSA) is 18.5 Å². The second-order valence-corrected chi connectivity index (χ2v) is 4.72. The van der Waals surface area contributed by atoms with Gasteiger partial charge in [0.25, 0.3) is 0 Å². The highest BCUT2D eigenvalue weighted by molar-refractivity contribution is 6.17. The van der Waals surface area contributed by atoms with Gasteiger partial charge in [-0.15, -0.1) is 11.6 Å². The van der Waals surface area contributed by atoms with Crippen molar-refractivity contribution in [3.05, 3.63) is 29.8 Å². The van der Waals surface area contributed by atoms with Crippen molar-refractivity contribution >= 4 is 11.6 Å². The van der Waals surface area contributed by atoms with Crippen LogP contribution < -0.4 is 4.74 Å². The second-order valence-electron chi connectivity index (χ2n) is 4.34. The summed E-state index contributed by atoms with van der Waals surface area (Å²) in [5.74, 6) is 1.72. The largest absolute Gasteiger partial charge is 0.494 e. The molecule has 1 rings (SSSR count). The monoisotopic (exact) mass is 270 g/mol. The molecule has 0 unspecified atom stereocenters. The first-order valence-electron chi connectivity index (χ1n) is 6.63. The van der Waals surface area contributed by atoms with Gasteiger partial charge in [-0.1, -0.05) is 25.0 Å². The van der Waals surface area contributed by atoms with Gasteiger partial charge in [-0.25, -0.2) is 0 Å². The molecule has 0 aliphatic carbocycles. The lowest BCUT2D eigenvalue weighted by Gasteiger charge is -2.07. The Morgan fingerprint density at radius 2 is 1.67 bits per heavy atom. The number of hydrogen-bond acceptors (Lipinski definition) is 2. The van der Waals surface area contributed by atoms with Gasteiger partial charge < -0.3 is 9.47 Å². The second kappa shape index (κ2) is 10.2. The third-order valence-corrected chi connectivity index (χ3v) is 3.08. The van der Waals surface area contributed by atoms with Gasteiger partial charge in [0, 0.05) is 13.0 Å². The minimum absolute atomic E-state index is 0.765. The van der Waals surface area contributed by atoms with Crippen LogP contribution in [0, 0.1) is 0 Å². The van der Waals surface area contributed by atoms with E-state index >= 15 is 0 Å². The van der Waals surface area contributed by atoms with E-state index in [1.165, 1.54) is 18.4 Å². The van der Waals surface area contributed by atoms with E-state index in [1.54, 1.807) is 7.11 Å². The van der Waals surface area contributed by atoms with Crippen LogP contribution in [-0.4, -0.2) is 26.2 Å². The molecule has 1 aromatic rings. The SMILES string of the molecule is COCCc1ccc(OCCCCCCCl)cc1. The van der Waals surface area contributed by atoms with E-state index in [0.29, 0.717) is 0 Å². The van der Waals surface area contributed by atoms with Crippen molar-refractivity contribution in [2.45, 2.75) is 32.1 Å². The molecule has 1 aromatic carbocycles. The van der Waals surface area contributed by atoms with E-state index in [2.05, 4.69) is 12.1 Å². The summed E-state index contributed by atoms with van der Waals surface area (Å²) >= 11 is 5.62. The molecule has 0 amide bonds. The number of hydrogen-bond donors (Lipinski definition) is 0. The first kappa shape index (κ1) is 15.3. The quantitative estimate of drug-likeness (QED) is 0.472. The number of rotatable bonds is 10. The van der Waals surface area contributed by atoms with Crippen molar-refractivity contribution < 1.29 is 9.47 Å². The number of halogens is 1. The van der Waals surface area contributed by atoms with E-state index in [0.717, 1.165) is 44.1 Å². The van der Waals surface area contributed by atoms with Gasteiger partial charge in [-0.2, -0.15) is 0 Å². The summed E-state index contributed by atoms with van der Waals surface area (Å²) in [5.41, 5.74) is 1.28. The number of alkyl halides is 1. The van der Waals surface area contributed by atoms with Gasteiger partial charge in [-0.3, -0.25) is 0 Å². The highest BCUT2D eigenvalue weighted by Crippen LogP contribution is 2.13. The third-order valence-electron chi connectivity index (χ3n) is 2.81. The molecule has 0 N–H and O–H groups in total. The van der Waals surface area contributed by atoms with Gasteiger partial charge in [0.1, 0.15) is 5.75 Å². The van der Waals surface area contributed by atoms with E-state index in [1.807, 2.05) is 12.1 Å². The van der Waals surface area contributed by atoms with E-state index < -0.39 is 0 Å². The average molecular weight is 271 g/mol. The van der Waals surface area contributed by atoms with Crippen LogP contribution in [0.25, 0.3) is 0 Å². The Morgan fingerprint density at radius 1 is 0.944 bits per heavy atom. The van der Waals surface area contributed by atoms with Gasteiger partial charge in [0.2, 0.25) is 0 Å². The molecule has 0 bridgehead atoms. The van der Waals surface area contributed by atoms with Crippen molar-refractivity contribution in [2.75, 3.05) is 26.2 Å². The highest BCUT2D eigenvalue weighted by Gasteiger charge is 1.96. The maximum Gasteiger partial charge on any atom is 0.119 e. The average Bonchev–Trinajstić information content (AvgIpc) is 2.42. The Bertz CT molecular complexity index is 298. The normalized spacial score (nSPS) is 10.6. The lowest BCUT2D eigenvalue weighted by atomic mass is 10.1. The Hall–Kier alpha value is -0.730. The zero-order valence-electron chi connectivity index (χ0n) is 11.2. The predicted octanol–water partition coefficient (Wildman–Crippen LogP) is 4.05. The molecule has 0 heterocycles. The lowest BCUT2D eigenvalue weighted by Crippen LogP contribution is -1.98. The molecule has 0 aliphatic heterocycles. The molecule has 0 aromatic heterocycles. The zero-order valence-corrected chi connectivity index (χ0v) is 11.9. The molecule has 0 fully saturated rings. The fraction of sp³-hybridized carbons (Fsp3) is 0.600. The van der Waals surface area contributed by atoms with Crippen molar-refractivity contribution in [1.82, 2.24) is 0 Å². The molecule has 0 atom stereocenters. The summed E-state index contributed by atoms with van der Waals surface area (Å²) in [7, 11) is 1.72. The molecule has 0 radical (unpaired) electrons. The summed E-state index contributed by atoms with van der Waals surface area (Å²) in [6.45, 7) is 1.56. The standard InChI is InChI=1S/C15H23ClO2/c1-17-13-10-14-6-8-15(9-7-14)18-12-5-3-2-4-11-16/h6-9H,2-5,10-13H2,1H3. The molecule has 2 nitrogen and oxygen atoms in total. The molecule has 0 spiro atoms. The first-order valence-corrected chi connectivity index (χ1v) is 7.17. The molecule has 0 aliphatic rings. The Kier molecular flexibility index (Phi) is 8.70. The molecule has 3 heteroatoms. The van der Waals surface area contributed by atoms with Crippen molar-refractivity contribution in [2.24, 2.45) is 0 Å². The highest BCUT2D eigenvalue weighted by atomic mass is 35.5. The van der Waals surface area contributed by atoms with Crippen LogP contribution in [0.4, 0.5) is 0 Å². The van der Waals surface area contributed by atoms with Crippen LogP contribution in [0.2, 0.25) is 0 Å². The Morgan fingerprint density at radius 3 is 2.33 bits per heavy atom. The number of methoxy groups -OCH3 is 1. The molecule has 102 valence electrons. The third kappa shape index (κ3) is 6.87. The zero-order chi connectivity index (χ0) is 13.1. The maximum absolute atomic E-state index is 5.68. The van der Waals surface area contributed by atoms with Crippen LogP contribution in [0.15, 0.2) is 24.3 Å². The molecular weight excluding hydrogens is 248 g/mol. The smallest absolute Gasteiger partial charge is 0.119 e. The maximum atomic E-state index is 5.68. The van der Waals surface area contributed by atoms with Crippen LogP contribution in [0.3, 0.4) is 0 Å². The molecular formula is C15H23ClO2. The van der Waals surface area contributed by atoms with Crippen molar-refractivity contribution in [3.8, 4) is 5.75 Å². The van der Waals surface area contributed by atoms with Crippen LogP contribution in [0.5, 0.6) is 5.75 Å². The summed E-state index contributed by atoms with van der Waals surface area (Å²) in [5, 5.41) is 0.